The molecule has 0 fully saturated rings. The van der Waals surface area contributed by atoms with E-state index in [0.29, 0.717) is 30.4 Å². The number of nitrogens with one attached hydrogen (secondary N) is 1. The molecule has 1 N–H and O–H groups in total. The molecule has 0 spiro atoms. The van der Waals surface area contributed by atoms with E-state index in [-0.39, 0.29) is 12.5 Å². The van der Waals surface area contributed by atoms with E-state index < -0.39 is 0 Å². The number of oxazole rings is 1. The summed E-state index contributed by atoms with van der Waals surface area (Å²) in [6.45, 7) is 12.2. The van der Waals surface area contributed by atoms with Crippen molar-refractivity contribution < 1.29 is 23.7 Å². The number of hydrogen-bond donors (Lipinski definition) is 1. The van der Waals surface area contributed by atoms with E-state index in [1.54, 1.807) is 24.3 Å². The third kappa shape index (κ3) is 9.47. The van der Waals surface area contributed by atoms with E-state index in [1.165, 1.54) is 12.7 Å². The van der Waals surface area contributed by atoms with E-state index >= 15 is 0 Å². The fraction of sp³-hybridized carbons (Fsp3) is 0.385. The van der Waals surface area contributed by atoms with Crippen LogP contribution in [0.2, 0.25) is 0 Å². The van der Waals surface area contributed by atoms with Crippen LogP contribution in [0.5, 0.6) is 5.75 Å². The maximum atomic E-state index is 11.6. The fourth-order valence-corrected chi connectivity index (χ4v) is 2.69. The molecule has 0 aliphatic rings. The summed E-state index contributed by atoms with van der Waals surface area (Å²) in [6.07, 6.45) is 0.633. The predicted octanol–water partition coefficient (Wildman–Crippen LogP) is 6.15. The zero-order chi connectivity index (χ0) is 24.6. The molecule has 1 heterocycles. The summed E-state index contributed by atoms with van der Waals surface area (Å²) in [4.78, 5) is 25.1. The van der Waals surface area contributed by atoms with Gasteiger partial charge in [-0.05, 0) is 50.2 Å². The highest BCUT2D eigenvalue weighted by atomic mass is 17.2. The average molecular weight is 457 g/mol. The molecule has 0 aliphatic heterocycles. The van der Waals surface area contributed by atoms with Crippen molar-refractivity contribution >= 4 is 11.6 Å². The number of rotatable bonds is 9. The van der Waals surface area contributed by atoms with Crippen LogP contribution in [0.3, 0.4) is 0 Å². The van der Waals surface area contributed by atoms with Gasteiger partial charge in [0, 0.05) is 17.7 Å². The lowest BCUT2D eigenvalue weighted by Gasteiger charge is -2.08. The van der Waals surface area contributed by atoms with Crippen LogP contribution in [0.15, 0.2) is 52.9 Å². The van der Waals surface area contributed by atoms with E-state index in [2.05, 4.69) is 20.1 Å². The van der Waals surface area contributed by atoms with Crippen molar-refractivity contribution in [3.63, 3.8) is 0 Å². The maximum absolute atomic E-state index is 11.6. The number of aromatic nitrogens is 1. The Morgan fingerprint density at radius 2 is 1.61 bits per heavy atom. The molecule has 0 unspecified atom stereocenters. The zero-order valence-electron chi connectivity index (χ0n) is 20.7. The molecule has 0 saturated heterocycles. The van der Waals surface area contributed by atoms with Crippen LogP contribution in [-0.2, 0) is 21.0 Å². The number of carbonyl (C=O) groups is 1. The first kappa shape index (κ1) is 27.9. The normalized spacial score (nSPS) is 9.79. The van der Waals surface area contributed by atoms with Crippen LogP contribution in [0.25, 0.3) is 11.5 Å². The number of ether oxygens (including phenoxy) is 1. The van der Waals surface area contributed by atoms with Crippen LogP contribution in [0, 0.1) is 13.8 Å². The monoisotopic (exact) mass is 456 g/mol. The Labute approximate surface area is 197 Å². The van der Waals surface area contributed by atoms with E-state index in [0.717, 1.165) is 17.0 Å². The van der Waals surface area contributed by atoms with E-state index in [1.807, 2.05) is 65.8 Å². The largest absolute Gasteiger partial charge is 0.493 e. The molecule has 0 radical (unpaired) electrons. The molecule has 33 heavy (non-hydrogen) atoms. The Bertz CT molecular complexity index is 934. The summed E-state index contributed by atoms with van der Waals surface area (Å²) in [7, 11) is 1.35. The van der Waals surface area contributed by atoms with Gasteiger partial charge in [0.05, 0.1) is 19.4 Å². The minimum Gasteiger partial charge on any atom is -0.493 e. The highest BCUT2D eigenvalue weighted by Crippen LogP contribution is 2.23. The van der Waals surface area contributed by atoms with Crippen molar-refractivity contribution in [3.05, 3.63) is 65.5 Å². The van der Waals surface area contributed by atoms with Crippen LogP contribution in [0.4, 0.5) is 5.69 Å². The van der Waals surface area contributed by atoms with Crippen LogP contribution in [0.1, 0.15) is 44.7 Å². The maximum Gasteiger partial charge on any atom is 0.253 e. The number of anilines is 1. The van der Waals surface area contributed by atoms with Gasteiger partial charge in [-0.2, -0.15) is 0 Å². The van der Waals surface area contributed by atoms with Crippen LogP contribution < -0.4 is 10.1 Å². The molecule has 0 atom stereocenters. The van der Waals surface area contributed by atoms with Gasteiger partial charge in [0.25, 0.3) is 5.91 Å². The second-order valence-corrected chi connectivity index (χ2v) is 6.49. The van der Waals surface area contributed by atoms with Crippen molar-refractivity contribution in [2.75, 3.05) is 25.6 Å². The summed E-state index contributed by atoms with van der Waals surface area (Å²) in [6, 6.07) is 15.2. The van der Waals surface area contributed by atoms with Gasteiger partial charge in [-0.1, -0.05) is 45.4 Å². The van der Waals surface area contributed by atoms with Gasteiger partial charge in [0.15, 0.2) is 6.61 Å². The first-order valence-corrected chi connectivity index (χ1v) is 11.3. The van der Waals surface area contributed by atoms with Crippen molar-refractivity contribution in [1.29, 1.82) is 0 Å². The molecule has 3 rings (SSSR count). The lowest BCUT2D eigenvalue weighted by Crippen LogP contribution is -2.17. The molecule has 7 heteroatoms. The molecule has 7 nitrogen and oxygen atoms in total. The third-order valence-electron chi connectivity index (χ3n) is 4.24. The zero-order valence-corrected chi connectivity index (χ0v) is 20.7. The molecule has 2 aromatic carbocycles. The van der Waals surface area contributed by atoms with Gasteiger partial charge >= 0.3 is 0 Å². The average Bonchev–Trinajstić information content (AvgIpc) is 3.22. The highest BCUT2D eigenvalue weighted by Gasteiger charge is 2.11. The summed E-state index contributed by atoms with van der Waals surface area (Å²) >= 11 is 0. The van der Waals surface area contributed by atoms with Gasteiger partial charge < -0.3 is 14.5 Å². The summed E-state index contributed by atoms with van der Waals surface area (Å²) in [5.74, 6) is 1.82. The summed E-state index contributed by atoms with van der Waals surface area (Å²) in [5, 5.41) is 2.69. The summed E-state index contributed by atoms with van der Waals surface area (Å²) < 4.78 is 11.6. The molecule has 180 valence electrons. The van der Waals surface area contributed by atoms with Gasteiger partial charge in [-0.3, -0.25) is 4.79 Å². The molecule has 3 aromatic rings. The molecule has 0 aliphatic carbocycles. The van der Waals surface area contributed by atoms with Gasteiger partial charge in [-0.25, -0.2) is 14.8 Å². The van der Waals surface area contributed by atoms with Gasteiger partial charge in [-0.15, -0.1) is 0 Å². The second-order valence-electron chi connectivity index (χ2n) is 6.49. The number of benzene rings is 2. The second kappa shape index (κ2) is 15.6. The SMILES string of the molecule is CC.CC.COOCC(=O)Nc1ccc(OCCc2nc(-c3ccc(C)cc3)oc2C)cc1. The lowest BCUT2D eigenvalue weighted by molar-refractivity contribution is -0.266. The Hall–Kier alpha value is -3.16. The summed E-state index contributed by atoms with van der Waals surface area (Å²) in [5.41, 5.74) is 3.68. The molecule has 0 bridgehead atoms. The van der Waals surface area contributed by atoms with E-state index in [4.69, 9.17) is 9.15 Å². The Kier molecular flexibility index (Phi) is 13.2. The van der Waals surface area contributed by atoms with Crippen molar-refractivity contribution in [2.24, 2.45) is 0 Å². The first-order valence-electron chi connectivity index (χ1n) is 11.3. The smallest absolute Gasteiger partial charge is 0.253 e. The van der Waals surface area contributed by atoms with Crippen molar-refractivity contribution in [1.82, 2.24) is 4.98 Å². The highest BCUT2D eigenvalue weighted by molar-refractivity contribution is 5.91. The number of aryl methyl sites for hydroxylation is 2. The number of amides is 1. The number of carbonyl (C=O) groups excluding carboxylic acids is 1. The minimum absolute atomic E-state index is 0.170. The molecule has 1 amide bonds. The molecule has 1 aromatic heterocycles. The molecular weight excluding hydrogens is 420 g/mol. The molecular formula is C26H36N2O5. The quantitative estimate of drug-likeness (QED) is 0.307. The fourth-order valence-electron chi connectivity index (χ4n) is 2.69. The van der Waals surface area contributed by atoms with E-state index in [9.17, 15) is 4.79 Å². The molecule has 0 saturated carbocycles. The van der Waals surface area contributed by atoms with Crippen LogP contribution >= 0.6 is 0 Å². The Morgan fingerprint density at radius 1 is 0.970 bits per heavy atom. The van der Waals surface area contributed by atoms with Crippen molar-refractivity contribution in [2.45, 2.75) is 48.0 Å². The third-order valence-corrected chi connectivity index (χ3v) is 4.24. The lowest BCUT2D eigenvalue weighted by atomic mass is 10.1. The van der Waals surface area contributed by atoms with Crippen molar-refractivity contribution in [3.8, 4) is 17.2 Å². The van der Waals surface area contributed by atoms with Crippen LogP contribution in [-0.4, -0.2) is 31.2 Å². The first-order chi connectivity index (χ1) is 16.0. The minimum atomic E-state index is -0.300. The Balaban J connectivity index is 0.00000129. The topological polar surface area (TPSA) is 82.8 Å². The number of nitrogens with zero attached hydrogens (tertiary/aromatic N) is 1. The predicted molar refractivity (Wildman–Crippen MR) is 131 cm³/mol. The standard InChI is InChI=1S/C22H24N2O5.2C2H6/c1-15-4-6-17(7-5-15)22-24-20(16(2)29-22)12-13-27-19-10-8-18(9-11-19)23-21(25)14-28-26-3;2*1-2/h4-11H,12-14H2,1-3H3,(H,23,25);2*1-2H3. The van der Waals surface area contributed by atoms with Gasteiger partial charge in [0.1, 0.15) is 11.5 Å². The Morgan fingerprint density at radius 3 is 2.21 bits per heavy atom. The van der Waals surface area contributed by atoms with Gasteiger partial charge in [0.2, 0.25) is 5.89 Å². The number of hydrogen-bond acceptors (Lipinski definition) is 6.